The van der Waals surface area contributed by atoms with Crippen molar-refractivity contribution in [3.8, 4) is 5.75 Å². The molecule has 0 bridgehead atoms. The molecule has 5 heteroatoms. The lowest BCUT2D eigenvalue weighted by molar-refractivity contribution is -0.267. The van der Waals surface area contributed by atoms with Crippen LogP contribution in [0.4, 0.5) is 13.2 Å². The first kappa shape index (κ1) is 17.8. The monoisotopic (exact) mass is 304 g/mol. The lowest BCUT2D eigenvalue weighted by atomic mass is 9.81. The fraction of sp³-hybridized carbons (Fsp3) is 0.625. The molecule has 1 unspecified atom stereocenters. The summed E-state index contributed by atoms with van der Waals surface area (Å²) in [6.45, 7) is 9.26. The van der Waals surface area contributed by atoms with Gasteiger partial charge in [0, 0.05) is 0 Å². The third kappa shape index (κ3) is 3.51. The van der Waals surface area contributed by atoms with Crippen molar-refractivity contribution >= 4 is 0 Å². The Morgan fingerprint density at radius 3 is 2.05 bits per heavy atom. The highest BCUT2D eigenvalue weighted by Gasteiger charge is 2.53. The smallest absolute Gasteiger partial charge is 0.421 e. The van der Waals surface area contributed by atoms with Crippen molar-refractivity contribution < 1.29 is 23.0 Å². The molecule has 120 valence electrons. The lowest BCUT2D eigenvalue weighted by Crippen LogP contribution is -2.41. The minimum absolute atomic E-state index is 0.147. The quantitative estimate of drug-likeness (QED) is 0.884. The molecule has 1 aromatic rings. The summed E-state index contributed by atoms with van der Waals surface area (Å²) in [7, 11) is 0. The molecule has 1 aromatic carbocycles. The summed E-state index contributed by atoms with van der Waals surface area (Å²) < 4.78 is 45.0. The van der Waals surface area contributed by atoms with Gasteiger partial charge in [0.15, 0.2) is 5.60 Å². The Morgan fingerprint density at radius 2 is 1.67 bits per heavy atom. The number of alkyl halides is 3. The first-order valence-corrected chi connectivity index (χ1v) is 7.04. The van der Waals surface area contributed by atoms with E-state index in [9.17, 15) is 18.3 Å². The Labute approximate surface area is 123 Å². The first-order chi connectivity index (χ1) is 9.47. The molecule has 0 saturated heterocycles. The molecule has 0 aliphatic carbocycles. The molecule has 0 heterocycles. The molecule has 0 saturated carbocycles. The summed E-state index contributed by atoms with van der Waals surface area (Å²) in [6, 6.07) is 4.20. The molecule has 0 spiro atoms. The Hall–Kier alpha value is -1.23. The maximum Gasteiger partial charge on any atom is 0.421 e. The van der Waals surface area contributed by atoms with Gasteiger partial charge < -0.3 is 9.84 Å². The fourth-order valence-electron chi connectivity index (χ4n) is 2.22. The van der Waals surface area contributed by atoms with Crippen LogP contribution >= 0.6 is 0 Å². The highest BCUT2D eigenvalue weighted by molar-refractivity contribution is 5.43. The van der Waals surface area contributed by atoms with Crippen LogP contribution in [0.5, 0.6) is 5.75 Å². The molecular formula is C16H23F3O2. The number of benzene rings is 1. The molecule has 0 amide bonds. The molecule has 0 fully saturated rings. The SMILES string of the molecule is CCOc1ccc(C(O)(CC)C(F)(F)F)cc1C(C)(C)C. The molecule has 0 radical (unpaired) electrons. The van der Waals surface area contributed by atoms with E-state index in [1.165, 1.54) is 25.1 Å². The first-order valence-electron chi connectivity index (χ1n) is 7.04. The molecule has 0 aliphatic heterocycles. The fourth-order valence-corrected chi connectivity index (χ4v) is 2.22. The van der Waals surface area contributed by atoms with E-state index in [-0.39, 0.29) is 11.0 Å². The largest absolute Gasteiger partial charge is 0.494 e. The van der Waals surface area contributed by atoms with Crippen LogP contribution in [-0.4, -0.2) is 17.9 Å². The number of aliphatic hydroxyl groups is 1. The Kier molecular flexibility index (Phi) is 4.98. The molecule has 21 heavy (non-hydrogen) atoms. The average molecular weight is 304 g/mol. The van der Waals surface area contributed by atoms with Crippen LogP contribution < -0.4 is 4.74 Å². The van der Waals surface area contributed by atoms with Crippen LogP contribution in [0.3, 0.4) is 0 Å². The van der Waals surface area contributed by atoms with Crippen LogP contribution in [0.15, 0.2) is 18.2 Å². The summed E-state index contributed by atoms with van der Waals surface area (Å²) in [5.74, 6) is 0.550. The van der Waals surface area contributed by atoms with Crippen molar-refractivity contribution in [1.82, 2.24) is 0 Å². The van der Waals surface area contributed by atoms with Gasteiger partial charge in [-0.25, -0.2) is 0 Å². The van der Waals surface area contributed by atoms with Gasteiger partial charge in [-0.1, -0.05) is 33.8 Å². The van der Waals surface area contributed by atoms with Crippen LogP contribution in [0, 0.1) is 0 Å². The summed E-state index contributed by atoms with van der Waals surface area (Å²) in [5, 5.41) is 10.1. The topological polar surface area (TPSA) is 29.5 Å². The van der Waals surface area contributed by atoms with Gasteiger partial charge in [-0.3, -0.25) is 0 Å². The summed E-state index contributed by atoms with van der Waals surface area (Å²) in [5.41, 5.74) is -2.72. The Morgan fingerprint density at radius 1 is 1.10 bits per heavy atom. The minimum atomic E-state index is -4.72. The van der Waals surface area contributed by atoms with Crippen molar-refractivity contribution in [2.45, 2.75) is 58.2 Å². The second kappa shape index (κ2) is 5.87. The second-order valence-electron chi connectivity index (χ2n) is 6.11. The van der Waals surface area contributed by atoms with Crippen molar-refractivity contribution in [3.05, 3.63) is 29.3 Å². The van der Waals surface area contributed by atoms with Gasteiger partial charge in [0.1, 0.15) is 5.75 Å². The molecule has 1 N–H and O–H groups in total. The van der Waals surface area contributed by atoms with E-state index in [1.54, 1.807) is 0 Å². The predicted molar refractivity (Wildman–Crippen MR) is 76.6 cm³/mol. The van der Waals surface area contributed by atoms with Crippen LogP contribution in [0.2, 0.25) is 0 Å². The van der Waals surface area contributed by atoms with Gasteiger partial charge in [-0.05, 0) is 42.0 Å². The van der Waals surface area contributed by atoms with Crippen molar-refractivity contribution in [2.24, 2.45) is 0 Å². The number of hydrogen-bond acceptors (Lipinski definition) is 2. The highest BCUT2D eigenvalue weighted by Crippen LogP contribution is 2.44. The number of hydrogen-bond donors (Lipinski definition) is 1. The Bertz CT molecular complexity index is 489. The van der Waals surface area contributed by atoms with E-state index in [0.29, 0.717) is 17.9 Å². The highest BCUT2D eigenvalue weighted by atomic mass is 19.4. The van der Waals surface area contributed by atoms with Crippen LogP contribution in [-0.2, 0) is 11.0 Å². The molecule has 1 rings (SSSR count). The number of halogens is 3. The molecular weight excluding hydrogens is 281 g/mol. The second-order valence-corrected chi connectivity index (χ2v) is 6.11. The van der Waals surface area contributed by atoms with E-state index in [0.717, 1.165) is 0 Å². The third-order valence-corrected chi connectivity index (χ3v) is 3.55. The normalized spacial score (nSPS) is 15.7. The minimum Gasteiger partial charge on any atom is -0.494 e. The van der Waals surface area contributed by atoms with E-state index in [4.69, 9.17) is 4.74 Å². The van der Waals surface area contributed by atoms with Crippen LogP contribution in [0.25, 0.3) is 0 Å². The standard InChI is InChI=1S/C16H23F3O2/c1-6-15(20,16(17,18)19)11-8-9-13(21-7-2)12(10-11)14(3,4)5/h8-10,20H,6-7H2,1-5H3. The van der Waals surface area contributed by atoms with Gasteiger partial charge in [-0.15, -0.1) is 0 Å². The zero-order valence-electron chi connectivity index (χ0n) is 13.1. The van der Waals surface area contributed by atoms with E-state index in [1.807, 2.05) is 27.7 Å². The van der Waals surface area contributed by atoms with Gasteiger partial charge in [-0.2, -0.15) is 13.2 Å². The maximum atomic E-state index is 13.2. The summed E-state index contributed by atoms with van der Waals surface area (Å²) in [6.07, 6.45) is -5.15. The molecule has 0 aromatic heterocycles. The molecule has 0 aliphatic rings. The van der Waals surface area contributed by atoms with E-state index < -0.39 is 18.2 Å². The number of ether oxygens (including phenoxy) is 1. The number of rotatable bonds is 4. The van der Waals surface area contributed by atoms with Gasteiger partial charge in [0.05, 0.1) is 6.61 Å². The van der Waals surface area contributed by atoms with Crippen molar-refractivity contribution in [3.63, 3.8) is 0 Å². The maximum absolute atomic E-state index is 13.2. The Balaban J connectivity index is 3.47. The predicted octanol–water partition coefficient (Wildman–Crippen LogP) is 4.54. The van der Waals surface area contributed by atoms with Gasteiger partial charge in [0.2, 0.25) is 0 Å². The van der Waals surface area contributed by atoms with Gasteiger partial charge >= 0.3 is 6.18 Å². The average Bonchev–Trinajstić information content (AvgIpc) is 2.36. The summed E-state index contributed by atoms with van der Waals surface area (Å²) >= 11 is 0. The van der Waals surface area contributed by atoms with E-state index in [2.05, 4.69) is 0 Å². The molecule has 1 atom stereocenters. The summed E-state index contributed by atoms with van der Waals surface area (Å²) in [4.78, 5) is 0. The van der Waals surface area contributed by atoms with E-state index >= 15 is 0 Å². The van der Waals surface area contributed by atoms with Crippen molar-refractivity contribution in [1.29, 1.82) is 0 Å². The molecule has 2 nitrogen and oxygen atoms in total. The lowest BCUT2D eigenvalue weighted by Gasteiger charge is -2.32. The van der Waals surface area contributed by atoms with Gasteiger partial charge in [0.25, 0.3) is 0 Å². The van der Waals surface area contributed by atoms with Crippen LogP contribution in [0.1, 0.15) is 52.2 Å². The zero-order chi connectivity index (χ0) is 16.5. The third-order valence-electron chi connectivity index (χ3n) is 3.55. The van der Waals surface area contributed by atoms with Crippen molar-refractivity contribution in [2.75, 3.05) is 6.61 Å². The zero-order valence-corrected chi connectivity index (χ0v) is 13.1.